The lowest BCUT2D eigenvalue weighted by atomic mass is 10.3. The third kappa shape index (κ3) is 6.14. The van der Waals surface area contributed by atoms with Crippen LogP contribution in [0.3, 0.4) is 0 Å². The van der Waals surface area contributed by atoms with E-state index in [-0.39, 0.29) is 5.97 Å². The zero-order valence-corrected chi connectivity index (χ0v) is 8.67. The molecule has 2 nitrogen and oxygen atoms in total. The monoisotopic (exact) mass is 182 g/mol. The van der Waals surface area contributed by atoms with Crippen molar-refractivity contribution in [3.63, 3.8) is 0 Å². The van der Waals surface area contributed by atoms with Crippen molar-refractivity contribution in [3.8, 4) is 0 Å². The molecule has 0 saturated heterocycles. The quantitative estimate of drug-likeness (QED) is 0.283. The van der Waals surface area contributed by atoms with E-state index in [1.807, 2.05) is 13.0 Å². The number of carbonyl (C=O) groups excluding carboxylic acids is 1. The summed E-state index contributed by atoms with van der Waals surface area (Å²) in [6.45, 7) is 6.13. The van der Waals surface area contributed by atoms with Crippen LogP contribution in [0, 0.1) is 0 Å². The van der Waals surface area contributed by atoms with Crippen LogP contribution in [0.4, 0.5) is 0 Å². The molecule has 0 atom stereocenters. The number of carbonyl (C=O) groups is 1. The fourth-order valence-corrected chi connectivity index (χ4v) is 0.736. The molecule has 0 aliphatic rings. The maximum atomic E-state index is 11.1. The molecule has 0 bridgehead atoms. The molecule has 0 aromatic heterocycles. The second-order valence-corrected chi connectivity index (χ2v) is 2.78. The molecular weight excluding hydrogens is 164 g/mol. The lowest BCUT2D eigenvalue weighted by Gasteiger charge is -2.01. The van der Waals surface area contributed by atoms with Crippen LogP contribution < -0.4 is 0 Å². The number of rotatable bonds is 5. The van der Waals surface area contributed by atoms with Crippen molar-refractivity contribution >= 4 is 5.97 Å². The topological polar surface area (TPSA) is 26.3 Å². The van der Waals surface area contributed by atoms with Gasteiger partial charge in [-0.1, -0.05) is 25.2 Å². The molecule has 0 N–H and O–H groups in total. The van der Waals surface area contributed by atoms with Crippen molar-refractivity contribution in [2.45, 2.75) is 33.6 Å². The normalized spacial score (nSPS) is 12.1. The highest BCUT2D eigenvalue weighted by Crippen LogP contribution is 1.97. The standard InChI is InChI=1S/C11H18O2/c1-4-6-7-8-9-13-11(12)10(3)5-2/h5-7H,4,8-9H2,1-3H3/b7-6?,10-5+. The lowest BCUT2D eigenvalue weighted by Crippen LogP contribution is -2.06. The summed E-state index contributed by atoms with van der Waals surface area (Å²) >= 11 is 0. The second kappa shape index (κ2) is 7.59. The predicted octanol–water partition coefficient (Wildman–Crippen LogP) is 2.85. The van der Waals surface area contributed by atoms with Gasteiger partial charge in [-0.05, 0) is 26.7 Å². The lowest BCUT2D eigenvalue weighted by molar-refractivity contribution is -0.138. The fourth-order valence-electron chi connectivity index (χ4n) is 0.736. The number of ether oxygens (including phenoxy) is 1. The maximum absolute atomic E-state index is 11.1. The van der Waals surface area contributed by atoms with E-state index in [2.05, 4.69) is 13.0 Å². The minimum absolute atomic E-state index is 0.215. The van der Waals surface area contributed by atoms with Gasteiger partial charge in [0, 0.05) is 5.57 Å². The second-order valence-electron chi connectivity index (χ2n) is 2.78. The first-order valence-electron chi connectivity index (χ1n) is 4.67. The molecule has 0 aliphatic carbocycles. The van der Waals surface area contributed by atoms with Gasteiger partial charge in [-0.2, -0.15) is 0 Å². The Morgan fingerprint density at radius 1 is 1.38 bits per heavy atom. The third-order valence-corrected chi connectivity index (χ3v) is 1.68. The highest BCUT2D eigenvalue weighted by atomic mass is 16.5. The summed E-state index contributed by atoms with van der Waals surface area (Å²) in [6, 6.07) is 0. The maximum Gasteiger partial charge on any atom is 0.333 e. The first-order chi connectivity index (χ1) is 6.22. The molecule has 0 amide bonds. The van der Waals surface area contributed by atoms with Crippen LogP contribution in [0.15, 0.2) is 23.8 Å². The van der Waals surface area contributed by atoms with Crippen LogP contribution in [0.2, 0.25) is 0 Å². The Morgan fingerprint density at radius 2 is 2.08 bits per heavy atom. The molecule has 2 heteroatoms. The Balaban J connectivity index is 3.54. The molecule has 0 aromatic carbocycles. The molecule has 0 rings (SSSR count). The fraction of sp³-hybridized carbons (Fsp3) is 0.545. The van der Waals surface area contributed by atoms with Crippen LogP contribution in [-0.2, 0) is 9.53 Å². The highest BCUT2D eigenvalue weighted by Gasteiger charge is 2.01. The van der Waals surface area contributed by atoms with Crippen LogP contribution in [-0.4, -0.2) is 12.6 Å². The van der Waals surface area contributed by atoms with Gasteiger partial charge in [-0.15, -0.1) is 0 Å². The molecule has 0 aromatic rings. The van der Waals surface area contributed by atoms with Crippen LogP contribution in [0.5, 0.6) is 0 Å². The average Bonchev–Trinajstić information content (AvgIpc) is 2.16. The Hall–Kier alpha value is -1.05. The molecule has 74 valence electrons. The number of hydrogen-bond acceptors (Lipinski definition) is 2. The Labute approximate surface area is 80.3 Å². The average molecular weight is 182 g/mol. The molecular formula is C11H18O2. The minimum atomic E-state index is -0.215. The minimum Gasteiger partial charge on any atom is -0.462 e. The van der Waals surface area contributed by atoms with Gasteiger partial charge in [-0.3, -0.25) is 0 Å². The van der Waals surface area contributed by atoms with E-state index >= 15 is 0 Å². The predicted molar refractivity (Wildman–Crippen MR) is 54.4 cm³/mol. The molecule has 0 aliphatic heterocycles. The first kappa shape index (κ1) is 11.9. The van der Waals surface area contributed by atoms with Crippen molar-refractivity contribution in [1.82, 2.24) is 0 Å². The number of hydrogen-bond donors (Lipinski definition) is 0. The SMILES string of the molecule is C/C=C(\C)C(=O)OCCC=CCC. The van der Waals surface area contributed by atoms with E-state index < -0.39 is 0 Å². The van der Waals surface area contributed by atoms with Crippen molar-refractivity contribution in [2.75, 3.05) is 6.61 Å². The number of esters is 1. The molecule has 0 fully saturated rings. The zero-order valence-electron chi connectivity index (χ0n) is 8.67. The van der Waals surface area contributed by atoms with Gasteiger partial charge in [0.1, 0.15) is 0 Å². The summed E-state index contributed by atoms with van der Waals surface area (Å²) in [5, 5.41) is 0. The largest absolute Gasteiger partial charge is 0.462 e. The molecule has 0 saturated carbocycles. The molecule has 0 spiro atoms. The van der Waals surface area contributed by atoms with Crippen molar-refractivity contribution in [2.24, 2.45) is 0 Å². The van der Waals surface area contributed by atoms with Gasteiger partial charge in [0.15, 0.2) is 0 Å². The van der Waals surface area contributed by atoms with Crippen LogP contribution in [0.25, 0.3) is 0 Å². The Morgan fingerprint density at radius 3 is 2.62 bits per heavy atom. The van der Waals surface area contributed by atoms with E-state index in [1.165, 1.54) is 0 Å². The Kier molecular flexibility index (Phi) is 6.98. The summed E-state index contributed by atoms with van der Waals surface area (Å²) in [5.74, 6) is -0.215. The third-order valence-electron chi connectivity index (χ3n) is 1.68. The van der Waals surface area contributed by atoms with Gasteiger partial charge in [0.05, 0.1) is 6.61 Å². The summed E-state index contributed by atoms with van der Waals surface area (Å²) < 4.78 is 4.98. The zero-order chi connectivity index (χ0) is 10.1. The van der Waals surface area contributed by atoms with E-state index in [1.54, 1.807) is 13.0 Å². The first-order valence-corrected chi connectivity index (χ1v) is 4.67. The Bertz CT molecular complexity index is 202. The smallest absolute Gasteiger partial charge is 0.333 e. The van der Waals surface area contributed by atoms with Gasteiger partial charge < -0.3 is 4.74 Å². The van der Waals surface area contributed by atoms with Crippen molar-refractivity contribution in [3.05, 3.63) is 23.8 Å². The highest BCUT2D eigenvalue weighted by molar-refractivity contribution is 5.87. The van der Waals surface area contributed by atoms with E-state index in [4.69, 9.17) is 4.74 Å². The summed E-state index contributed by atoms with van der Waals surface area (Å²) in [5.41, 5.74) is 0.666. The molecule has 13 heavy (non-hydrogen) atoms. The van der Waals surface area contributed by atoms with Crippen molar-refractivity contribution < 1.29 is 9.53 Å². The van der Waals surface area contributed by atoms with Crippen molar-refractivity contribution in [1.29, 1.82) is 0 Å². The summed E-state index contributed by atoms with van der Waals surface area (Å²) in [7, 11) is 0. The van der Waals surface area contributed by atoms with E-state index in [0.717, 1.165) is 12.8 Å². The summed E-state index contributed by atoms with van der Waals surface area (Å²) in [4.78, 5) is 11.1. The number of allylic oxidation sites excluding steroid dienone is 2. The molecule has 0 radical (unpaired) electrons. The van der Waals surface area contributed by atoms with Crippen LogP contribution >= 0.6 is 0 Å². The van der Waals surface area contributed by atoms with E-state index in [0.29, 0.717) is 12.2 Å². The van der Waals surface area contributed by atoms with Gasteiger partial charge in [0.2, 0.25) is 0 Å². The molecule has 0 unspecified atom stereocenters. The van der Waals surface area contributed by atoms with Gasteiger partial charge in [0.25, 0.3) is 0 Å². The van der Waals surface area contributed by atoms with Gasteiger partial charge in [-0.25, -0.2) is 4.79 Å². The van der Waals surface area contributed by atoms with Gasteiger partial charge >= 0.3 is 5.97 Å². The van der Waals surface area contributed by atoms with E-state index in [9.17, 15) is 4.79 Å². The van der Waals surface area contributed by atoms with Crippen LogP contribution in [0.1, 0.15) is 33.6 Å². The summed E-state index contributed by atoms with van der Waals surface area (Å²) in [6.07, 6.45) is 7.68. The molecule has 0 heterocycles.